The number of amides is 2. The number of sulfonamides is 1. The third kappa shape index (κ3) is 7.65. The molecule has 0 aliphatic rings. The first kappa shape index (κ1) is 28.7. The second-order valence-corrected chi connectivity index (χ2v) is 12.1. The van der Waals surface area contributed by atoms with Gasteiger partial charge < -0.3 is 10.6 Å². The number of anilines is 1. The van der Waals surface area contributed by atoms with Crippen molar-refractivity contribution >= 4 is 44.4 Å². The second kappa shape index (κ2) is 12.3. The van der Waals surface area contributed by atoms with Crippen LogP contribution < -0.4 is 15.4 Å². The van der Waals surface area contributed by atoms with Crippen molar-refractivity contribution in [3.63, 3.8) is 0 Å². The van der Waals surface area contributed by atoms with E-state index in [0.717, 1.165) is 11.1 Å². The smallest absolute Gasteiger partial charge is 0.247 e. The molecular formula is C32H33N3O4S. The minimum Gasteiger partial charge on any atom is -0.340 e. The largest absolute Gasteiger partial charge is 0.340 e. The Labute approximate surface area is 235 Å². The Hall–Kier alpha value is -4.27. The van der Waals surface area contributed by atoms with Gasteiger partial charge in [-0.3, -0.25) is 9.59 Å². The van der Waals surface area contributed by atoms with Gasteiger partial charge in [0.05, 0.1) is 4.90 Å². The van der Waals surface area contributed by atoms with Gasteiger partial charge in [0, 0.05) is 34.5 Å². The van der Waals surface area contributed by atoms with Crippen LogP contribution in [0.1, 0.15) is 31.9 Å². The number of benzene rings is 4. The maximum Gasteiger partial charge on any atom is 0.247 e. The average Bonchev–Trinajstić information content (AvgIpc) is 2.91. The van der Waals surface area contributed by atoms with E-state index in [0.29, 0.717) is 16.5 Å². The van der Waals surface area contributed by atoms with Crippen molar-refractivity contribution < 1.29 is 18.0 Å². The zero-order valence-electron chi connectivity index (χ0n) is 22.7. The Morgan fingerprint density at radius 3 is 2.10 bits per heavy atom. The quantitative estimate of drug-likeness (QED) is 0.244. The van der Waals surface area contributed by atoms with Crippen molar-refractivity contribution in [1.29, 1.82) is 0 Å². The lowest BCUT2D eigenvalue weighted by molar-refractivity contribution is -0.123. The predicted octanol–water partition coefficient (Wildman–Crippen LogP) is 5.30. The Bertz CT molecular complexity index is 1630. The van der Waals surface area contributed by atoms with Crippen molar-refractivity contribution in [2.45, 2.75) is 43.7 Å². The fraction of sp³-hybridized carbons (Fsp3) is 0.188. The van der Waals surface area contributed by atoms with E-state index in [4.69, 9.17) is 0 Å². The van der Waals surface area contributed by atoms with Crippen LogP contribution in [0.4, 0.5) is 5.69 Å². The molecule has 0 aliphatic heterocycles. The highest BCUT2D eigenvalue weighted by atomic mass is 32.2. The molecule has 206 valence electrons. The average molecular weight is 556 g/mol. The molecule has 3 N–H and O–H groups in total. The molecule has 8 heteroatoms. The van der Waals surface area contributed by atoms with Crippen LogP contribution >= 0.6 is 0 Å². The lowest BCUT2D eigenvalue weighted by Gasteiger charge is -2.22. The van der Waals surface area contributed by atoms with Crippen molar-refractivity contribution in [3.8, 4) is 0 Å². The first-order valence-electron chi connectivity index (χ1n) is 13.0. The van der Waals surface area contributed by atoms with Gasteiger partial charge in [0.2, 0.25) is 21.8 Å². The first-order valence-corrected chi connectivity index (χ1v) is 14.4. The summed E-state index contributed by atoms with van der Waals surface area (Å²) in [4.78, 5) is 26.5. The standard InChI is InChI=1S/C32H33N3O4S/c1-32(2,3)35-40(38,39)29-19-11-16-25-26(29)17-10-18-27(25)34-31(37)28(22-24-14-8-5-9-15-24)33-30(36)21-20-23-12-6-4-7-13-23/h4-21,28,35H,22H2,1-3H3,(H,33,36)(H,34,37). The predicted molar refractivity (Wildman–Crippen MR) is 160 cm³/mol. The number of hydrogen-bond acceptors (Lipinski definition) is 4. The molecule has 0 aliphatic carbocycles. The minimum atomic E-state index is -3.82. The molecule has 0 heterocycles. The summed E-state index contributed by atoms with van der Waals surface area (Å²) in [5.41, 5.74) is 1.53. The maximum atomic E-state index is 13.6. The molecule has 4 rings (SSSR count). The summed E-state index contributed by atoms with van der Waals surface area (Å²) in [5, 5.41) is 6.79. The topological polar surface area (TPSA) is 104 Å². The van der Waals surface area contributed by atoms with Gasteiger partial charge in [0.1, 0.15) is 6.04 Å². The fourth-order valence-electron chi connectivity index (χ4n) is 4.32. The van der Waals surface area contributed by atoms with Gasteiger partial charge in [0.25, 0.3) is 0 Å². The van der Waals surface area contributed by atoms with Crippen LogP contribution in [0.3, 0.4) is 0 Å². The first-order chi connectivity index (χ1) is 19.0. The van der Waals surface area contributed by atoms with E-state index in [2.05, 4.69) is 15.4 Å². The fourth-order valence-corrected chi connectivity index (χ4v) is 5.96. The molecule has 0 saturated carbocycles. The van der Waals surface area contributed by atoms with E-state index in [1.807, 2.05) is 60.7 Å². The third-order valence-electron chi connectivity index (χ3n) is 6.01. The van der Waals surface area contributed by atoms with Gasteiger partial charge in [-0.05, 0) is 50.1 Å². The zero-order valence-corrected chi connectivity index (χ0v) is 23.5. The molecule has 0 fully saturated rings. The van der Waals surface area contributed by atoms with Gasteiger partial charge >= 0.3 is 0 Å². The van der Waals surface area contributed by atoms with Crippen LogP contribution in [0.15, 0.2) is 108 Å². The molecule has 0 aromatic heterocycles. The number of nitrogens with one attached hydrogen (secondary N) is 3. The van der Waals surface area contributed by atoms with E-state index in [1.54, 1.807) is 63.2 Å². The molecular weight excluding hydrogens is 522 g/mol. The summed E-state index contributed by atoms with van der Waals surface area (Å²) >= 11 is 0. The molecule has 1 atom stereocenters. The molecule has 4 aromatic rings. The highest BCUT2D eigenvalue weighted by Crippen LogP contribution is 2.29. The Morgan fingerprint density at radius 1 is 0.800 bits per heavy atom. The summed E-state index contributed by atoms with van der Waals surface area (Å²) in [6, 6.07) is 28.0. The van der Waals surface area contributed by atoms with Gasteiger partial charge in [0.15, 0.2) is 0 Å². The van der Waals surface area contributed by atoms with Crippen LogP contribution in [0, 0.1) is 0 Å². The highest BCUT2D eigenvalue weighted by Gasteiger charge is 2.25. The SMILES string of the molecule is CC(C)(C)NS(=O)(=O)c1cccc2c(NC(=O)C(Cc3ccccc3)NC(=O)C=Cc3ccccc3)cccc12. The number of carbonyl (C=O) groups excluding carboxylic acids is 2. The summed E-state index contributed by atoms with van der Waals surface area (Å²) in [6.45, 7) is 5.33. The van der Waals surface area contributed by atoms with E-state index >= 15 is 0 Å². The lowest BCUT2D eigenvalue weighted by atomic mass is 10.0. The van der Waals surface area contributed by atoms with Crippen molar-refractivity contribution in [2.75, 3.05) is 5.32 Å². The Balaban J connectivity index is 1.61. The minimum absolute atomic E-state index is 0.121. The van der Waals surface area contributed by atoms with Crippen LogP contribution in [0.2, 0.25) is 0 Å². The lowest BCUT2D eigenvalue weighted by Crippen LogP contribution is -2.44. The molecule has 4 aromatic carbocycles. The Kier molecular flexibility index (Phi) is 8.82. The number of carbonyl (C=O) groups is 2. The van der Waals surface area contributed by atoms with Crippen LogP contribution in [-0.2, 0) is 26.0 Å². The van der Waals surface area contributed by atoms with Gasteiger partial charge in [-0.1, -0.05) is 84.9 Å². The highest BCUT2D eigenvalue weighted by molar-refractivity contribution is 7.89. The molecule has 40 heavy (non-hydrogen) atoms. The monoisotopic (exact) mass is 555 g/mol. The summed E-state index contributed by atoms with van der Waals surface area (Å²) in [6.07, 6.45) is 3.36. The number of fused-ring (bicyclic) bond motifs is 1. The van der Waals surface area contributed by atoms with Crippen LogP contribution in [0.5, 0.6) is 0 Å². The van der Waals surface area contributed by atoms with Gasteiger partial charge in [-0.25, -0.2) is 13.1 Å². The normalized spacial score (nSPS) is 12.8. The maximum absolute atomic E-state index is 13.6. The van der Waals surface area contributed by atoms with Gasteiger partial charge in [-0.15, -0.1) is 0 Å². The zero-order chi connectivity index (χ0) is 28.8. The molecule has 0 saturated heterocycles. The second-order valence-electron chi connectivity index (χ2n) is 10.5. The molecule has 7 nitrogen and oxygen atoms in total. The molecule has 2 amide bonds. The molecule has 1 unspecified atom stereocenters. The van der Waals surface area contributed by atoms with Gasteiger partial charge in [-0.2, -0.15) is 0 Å². The summed E-state index contributed by atoms with van der Waals surface area (Å²) in [7, 11) is -3.82. The van der Waals surface area contributed by atoms with E-state index < -0.39 is 33.4 Å². The Morgan fingerprint density at radius 2 is 1.43 bits per heavy atom. The summed E-state index contributed by atoms with van der Waals surface area (Å²) in [5.74, 6) is -0.821. The van der Waals surface area contributed by atoms with E-state index in [1.165, 1.54) is 6.08 Å². The van der Waals surface area contributed by atoms with Crippen molar-refractivity contribution in [3.05, 3.63) is 114 Å². The summed E-state index contributed by atoms with van der Waals surface area (Å²) < 4.78 is 29.0. The van der Waals surface area contributed by atoms with E-state index in [9.17, 15) is 18.0 Å². The van der Waals surface area contributed by atoms with Crippen LogP contribution in [-0.4, -0.2) is 31.8 Å². The number of hydrogen-bond donors (Lipinski definition) is 3. The van der Waals surface area contributed by atoms with E-state index in [-0.39, 0.29) is 11.3 Å². The van der Waals surface area contributed by atoms with Crippen molar-refractivity contribution in [2.24, 2.45) is 0 Å². The molecule has 0 radical (unpaired) electrons. The number of rotatable bonds is 9. The molecule has 0 bridgehead atoms. The van der Waals surface area contributed by atoms with Crippen molar-refractivity contribution in [1.82, 2.24) is 10.0 Å². The third-order valence-corrected chi connectivity index (χ3v) is 7.83. The molecule has 0 spiro atoms. The van der Waals surface area contributed by atoms with Crippen LogP contribution in [0.25, 0.3) is 16.8 Å².